The summed E-state index contributed by atoms with van der Waals surface area (Å²) in [6.45, 7) is 5.51. The molecule has 2 nitrogen and oxygen atoms in total. The van der Waals surface area contributed by atoms with Gasteiger partial charge in [0.15, 0.2) is 0 Å². The van der Waals surface area contributed by atoms with Crippen LogP contribution in [0.3, 0.4) is 0 Å². The van der Waals surface area contributed by atoms with Gasteiger partial charge in [-0.2, -0.15) is 0 Å². The standard InChI is InChI=1S/C18H26BrNO/c1-3-10-20-16-12-17(18(16)8-4-5-9-18)21-15-11-14(19)7-6-13(15)2/h6-7,11,16-17,20H,3-5,8-10,12H2,1-2H3. The van der Waals surface area contributed by atoms with E-state index in [1.165, 1.54) is 37.7 Å². The molecule has 1 aromatic rings. The van der Waals surface area contributed by atoms with Gasteiger partial charge in [0.2, 0.25) is 0 Å². The molecule has 2 saturated carbocycles. The Morgan fingerprint density at radius 3 is 2.81 bits per heavy atom. The molecule has 0 bridgehead atoms. The zero-order valence-electron chi connectivity index (χ0n) is 13.1. The van der Waals surface area contributed by atoms with Crippen LogP contribution in [-0.4, -0.2) is 18.7 Å². The van der Waals surface area contributed by atoms with Gasteiger partial charge in [-0.25, -0.2) is 0 Å². The van der Waals surface area contributed by atoms with Gasteiger partial charge in [0, 0.05) is 22.4 Å². The highest BCUT2D eigenvalue weighted by Crippen LogP contribution is 2.54. The number of aryl methyl sites for hydroxylation is 1. The van der Waals surface area contributed by atoms with E-state index in [-0.39, 0.29) is 0 Å². The van der Waals surface area contributed by atoms with Crippen LogP contribution in [0.25, 0.3) is 0 Å². The number of benzene rings is 1. The molecule has 2 aliphatic rings. The Hall–Kier alpha value is -0.540. The van der Waals surface area contributed by atoms with Gasteiger partial charge in [-0.05, 0) is 50.4 Å². The number of halogens is 1. The summed E-state index contributed by atoms with van der Waals surface area (Å²) in [6.07, 6.45) is 8.14. The summed E-state index contributed by atoms with van der Waals surface area (Å²) in [4.78, 5) is 0. The van der Waals surface area contributed by atoms with E-state index in [4.69, 9.17) is 4.74 Å². The average Bonchev–Trinajstić information content (AvgIpc) is 2.98. The molecule has 1 N–H and O–H groups in total. The summed E-state index contributed by atoms with van der Waals surface area (Å²) in [6, 6.07) is 6.99. The molecule has 2 aliphatic carbocycles. The lowest BCUT2D eigenvalue weighted by Gasteiger charge is -2.54. The highest BCUT2D eigenvalue weighted by molar-refractivity contribution is 9.10. The molecule has 21 heavy (non-hydrogen) atoms. The summed E-state index contributed by atoms with van der Waals surface area (Å²) in [5.74, 6) is 1.05. The van der Waals surface area contributed by atoms with E-state index in [1.807, 2.05) is 0 Å². The Balaban J connectivity index is 1.72. The molecule has 0 heterocycles. The van der Waals surface area contributed by atoms with Crippen molar-refractivity contribution in [2.75, 3.05) is 6.54 Å². The van der Waals surface area contributed by atoms with E-state index in [0.29, 0.717) is 17.6 Å². The molecular formula is C18H26BrNO. The predicted octanol–water partition coefficient (Wildman–Crippen LogP) is 4.84. The van der Waals surface area contributed by atoms with Gasteiger partial charge in [-0.1, -0.05) is 41.8 Å². The van der Waals surface area contributed by atoms with Crippen LogP contribution in [0, 0.1) is 12.3 Å². The average molecular weight is 352 g/mol. The second-order valence-corrected chi connectivity index (χ2v) is 7.61. The van der Waals surface area contributed by atoms with Crippen LogP contribution in [0.2, 0.25) is 0 Å². The summed E-state index contributed by atoms with van der Waals surface area (Å²) < 4.78 is 7.54. The minimum atomic E-state index is 0.391. The third-order valence-electron chi connectivity index (χ3n) is 5.38. The maximum Gasteiger partial charge on any atom is 0.123 e. The Labute approximate surface area is 136 Å². The summed E-state index contributed by atoms with van der Waals surface area (Å²) >= 11 is 3.55. The predicted molar refractivity (Wildman–Crippen MR) is 90.9 cm³/mol. The summed E-state index contributed by atoms with van der Waals surface area (Å²) in [5.41, 5.74) is 1.63. The SMILES string of the molecule is CCCNC1CC(Oc2cc(Br)ccc2C)C12CCCC2. The molecular weight excluding hydrogens is 326 g/mol. The van der Waals surface area contributed by atoms with Gasteiger partial charge >= 0.3 is 0 Å². The highest BCUT2D eigenvalue weighted by atomic mass is 79.9. The lowest BCUT2D eigenvalue weighted by atomic mass is 9.60. The first-order valence-electron chi connectivity index (χ1n) is 8.32. The number of hydrogen-bond acceptors (Lipinski definition) is 2. The first-order chi connectivity index (χ1) is 10.2. The highest BCUT2D eigenvalue weighted by Gasteiger charge is 2.57. The van der Waals surface area contributed by atoms with Crippen molar-refractivity contribution in [2.24, 2.45) is 5.41 Å². The van der Waals surface area contributed by atoms with Crippen molar-refractivity contribution in [1.82, 2.24) is 5.32 Å². The normalized spacial score (nSPS) is 26.8. The molecule has 0 radical (unpaired) electrons. The molecule has 2 fully saturated rings. The molecule has 0 aromatic heterocycles. The molecule has 0 aliphatic heterocycles. The number of nitrogens with one attached hydrogen (secondary N) is 1. The van der Waals surface area contributed by atoms with Crippen molar-refractivity contribution in [2.45, 2.75) is 64.5 Å². The quantitative estimate of drug-likeness (QED) is 0.819. The molecule has 3 heteroatoms. The molecule has 0 amide bonds. The van der Waals surface area contributed by atoms with Crippen LogP contribution >= 0.6 is 15.9 Å². The molecule has 2 unspecified atom stereocenters. The zero-order valence-corrected chi connectivity index (χ0v) is 14.7. The van der Waals surface area contributed by atoms with Gasteiger partial charge in [-0.15, -0.1) is 0 Å². The van der Waals surface area contributed by atoms with Crippen molar-refractivity contribution in [3.63, 3.8) is 0 Å². The number of rotatable bonds is 5. The van der Waals surface area contributed by atoms with Crippen molar-refractivity contribution in [3.05, 3.63) is 28.2 Å². The third-order valence-corrected chi connectivity index (χ3v) is 5.87. The number of hydrogen-bond donors (Lipinski definition) is 1. The van der Waals surface area contributed by atoms with E-state index >= 15 is 0 Å². The van der Waals surface area contributed by atoms with Crippen LogP contribution in [0.5, 0.6) is 5.75 Å². The molecule has 1 aromatic carbocycles. The zero-order chi connectivity index (χ0) is 14.9. The fourth-order valence-electron chi connectivity index (χ4n) is 4.08. The molecule has 2 atom stereocenters. The third kappa shape index (κ3) is 2.87. The largest absolute Gasteiger partial charge is 0.489 e. The lowest BCUT2D eigenvalue weighted by Crippen LogP contribution is -2.63. The maximum absolute atomic E-state index is 6.44. The van der Waals surface area contributed by atoms with Crippen LogP contribution in [-0.2, 0) is 0 Å². The fourth-order valence-corrected chi connectivity index (χ4v) is 4.42. The molecule has 1 spiro atoms. The number of ether oxygens (including phenoxy) is 1. The Morgan fingerprint density at radius 1 is 1.33 bits per heavy atom. The van der Waals surface area contributed by atoms with Crippen LogP contribution in [0.4, 0.5) is 0 Å². The Morgan fingerprint density at radius 2 is 2.10 bits per heavy atom. The fraction of sp³-hybridized carbons (Fsp3) is 0.667. The van der Waals surface area contributed by atoms with E-state index in [2.05, 4.69) is 53.3 Å². The van der Waals surface area contributed by atoms with Crippen LogP contribution in [0.1, 0.15) is 51.0 Å². The first-order valence-corrected chi connectivity index (χ1v) is 9.11. The van der Waals surface area contributed by atoms with Gasteiger partial charge in [0.05, 0.1) is 0 Å². The van der Waals surface area contributed by atoms with Crippen molar-refractivity contribution in [3.8, 4) is 5.75 Å². The van der Waals surface area contributed by atoms with E-state index in [9.17, 15) is 0 Å². The van der Waals surface area contributed by atoms with Crippen LogP contribution < -0.4 is 10.1 Å². The second kappa shape index (κ2) is 6.29. The first kappa shape index (κ1) is 15.4. The monoisotopic (exact) mass is 351 g/mol. The summed E-state index contributed by atoms with van der Waals surface area (Å²) in [5, 5.41) is 3.75. The van der Waals surface area contributed by atoms with Crippen molar-refractivity contribution >= 4 is 15.9 Å². The van der Waals surface area contributed by atoms with E-state index in [1.54, 1.807) is 0 Å². The van der Waals surface area contributed by atoms with E-state index in [0.717, 1.165) is 23.2 Å². The second-order valence-electron chi connectivity index (χ2n) is 6.70. The lowest BCUT2D eigenvalue weighted by molar-refractivity contribution is -0.0762. The topological polar surface area (TPSA) is 21.3 Å². The Kier molecular flexibility index (Phi) is 4.60. The molecule has 116 valence electrons. The van der Waals surface area contributed by atoms with E-state index < -0.39 is 0 Å². The van der Waals surface area contributed by atoms with Gasteiger partial charge in [0.25, 0.3) is 0 Å². The van der Waals surface area contributed by atoms with Crippen molar-refractivity contribution < 1.29 is 4.74 Å². The Bertz CT molecular complexity index is 496. The minimum absolute atomic E-state index is 0.391. The van der Waals surface area contributed by atoms with Crippen LogP contribution in [0.15, 0.2) is 22.7 Å². The minimum Gasteiger partial charge on any atom is -0.489 e. The van der Waals surface area contributed by atoms with Gasteiger partial charge in [-0.3, -0.25) is 0 Å². The summed E-state index contributed by atoms with van der Waals surface area (Å²) in [7, 11) is 0. The molecule has 0 saturated heterocycles. The van der Waals surface area contributed by atoms with Gasteiger partial charge < -0.3 is 10.1 Å². The smallest absolute Gasteiger partial charge is 0.123 e. The van der Waals surface area contributed by atoms with Gasteiger partial charge in [0.1, 0.15) is 11.9 Å². The molecule has 3 rings (SSSR count). The van der Waals surface area contributed by atoms with Crippen molar-refractivity contribution in [1.29, 1.82) is 0 Å². The maximum atomic E-state index is 6.44.